The first-order valence-corrected chi connectivity index (χ1v) is 8.47. The maximum absolute atomic E-state index is 12.7. The van der Waals surface area contributed by atoms with Crippen molar-refractivity contribution in [3.05, 3.63) is 72.5 Å². The molecule has 1 heterocycles. The van der Waals surface area contributed by atoms with Crippen LogP contribution in [0.15, 0.2) is 46.2 Å². The van der Waals surface area contributed by atoms with Gasteiger partial charge < -0.3 is 9.67 Å². The maximum atomic E-state index is 12.7. The minimum Gasteiger partial charge on any atom is -0.506 e. The molecule has 27 heavy (non-hydrogen) atoms. The molecule has 0 unspecified atom stereocenters. The highest BCUT2D eigenvalue weighted by atomic mass is 35.5. The van der Waals surface area contributed by atoms with Crippen LogP contribution >= 0.6 is 23.2 Å². The number of halogens is 2. The predicted molar refractivity (Wildman–Crippen MR) is 106 cm³/mol. The van der Waals surface area contributed by atoms with Gasteiger partial charge in [0.2, 0.25) is 0 Å². The summed E-state index contributed by atoms with van der Waals surface area (Å²) in [6.45, 7) is 1.53. The molecule has 0 saturated heterocycles. The van der Waals surface area contributed by atoms with Crippen LogP contribution in [0.4, 0.5) is 11.4 Å². The number of fused-ring (bicyclic) bond motifs is 1. The van der Waals surface area contributed by atoms with E-state index in [-0.39, 0.29) is 38.4 Å². The van der Waals surface area contributed by atoms with Gasteiger partial charge in [0.25, 0.3) is 11.2 Å². The Hall–Kier alpha value is -2.90. The fraction of sp³-hybridized carbons (Fsp3) is 0.111. The quantitative estimate of drug-likeness (QED) is 0.391. The standard InChI is InChI=1S/C18H13Cl2N3O4/c1-9(21-16-12(19)7-10(23(26)27)8-13(16)20)15-17(24)11-5-3-4-6-14(11)22(2)18(15)25/h3-8,24H,1-2H3. The van der Waals surface area contributed by atoms with Crippen molar-refractivity contribution >= 4 is 51.2 Å². The van der Waals surface area contributed by atoms with Gasteiger partial charge in [-0.2, -0.15) is 0 Å². The van der Waals surface area contributed by atoms with Crippen LogP contribution in [-0.2, 0) is 7.05 Å². The average Bonchev–Trinajstić information content (AvgIpc) is 2.62. The molecule has 0 radical (unpaired) electrons. The van der Waals surface area contributed by atoms with Crippen molar-refractivity contribution in [2.24, 2.45) is 12.0 Å². The SMILES string of the molecule is CC(=Nc1c(Cl)cc([N+](=O)[O-])cc1Cl)c1c(O)c2ccccc2n(C)c1=O. The topological polar surface area (TPSA) is 97.7 Å². The first-order valence-electron chi connectivity index (χ1n) is 7.72. The lowest BCUT2D eigenvalue weighted by atomic mass is 10.1. The summed E-state index contributed by atoms with van der Waals surface area (Å²) in [6.07, 6.45) is 0. The summed E-state index contributed by atoms with van der Waals surface area (Å²) in [5, 5.41) is 21.9. The maximum Gasteiger partial charge on any atom is 0.272 e. The minimum atomic E-state index is -0.622. The fourth-order valence-corrected chi connectivity index (χ4v) is 3.35. The molecule has 1 aromatic heterocycles. The number of hydrogen-bond donors (Lipinski definition) is 1. The molecule has 0 atom stereocenters. The summed E-state index contributed by atoms with van der Waals surface area (Å²) in [4.78, 5) is 27.2. The van der Waals surface area contributed by atoms with Crippen LogP contribution in [0, 0.1) is 10.1 Å². The predicted octanol–water partition coefficient (Wildman–Crippen LogP) is 4.60. The number of hydrogen-bond acceptors (Lipinski definition) is 5. The fourth-order valence-electron chi connectivity index (χ4n) is 2.79. The molecule has 138 valence electrons. The summed E-state index contributed by atoms with van der Waals surface area (Å²) in [6, 6.07) is 9.16. The van der Waals surface area contributed by atoms with Crippen molar-refractivity contribution in [2.75, 3.05) is 0 Å². The van der Waals surface area contributed by atoms with Crippen LogP contribution in [0.3, 0.4) is 0 Å². The van der Waals surface area contributed by atoms with Crippen molar-refractivity contribution < 1.29 is 10.0 Å². The van der Waals surface area contributed by atoms with Crippen molar-refractivity contribution in [3.8, 4) is 5.75 Å². The van der Waals surface area contributed by atoms with E-state index < -0.39 is 10.5 Å². The minimum absolute atomic E-state index is 0.00156. The molecular formula is C18H13Cl2N3O4. The third-order valence-electron chi connectivity index (χ3n) is 4.13. The molecule has 3 rings (SSSR count). The zero-order chi connectivity index (χ0) is 19.9. The summed E-state index contributed by atoms with van der Waals surface area (Å²) in [5.41, 5.74) is 0.116. The zero-order valence-electron chi connectivity index (χ0n) is 14.2. The Labute approximate surface area is 163 Å². The number of benzene rings is 2. The van der Waals surface area contributed by atoms with Gasteiger partial charge >= 0.3 is 0 Å². The third kappa shape index (κ3) is 3.27. The molecule has 0 aliphatic heterocycles. The number of nitro groups is 1. The lowest BCUT2D eigenvalue weighted by Crippen LogP contribution is -2.24. The third-order valence-corrected chi connectivity index (χ3v) is 4.71. The molecule has 3 aromatic rings. The highest BCUT2D eigenvalue weighted by Crippen LogP contribution is 2.37. The molecule has 0 bridgehead atoms. The second-order valence-electron chi connectivity index (χ2n) is 5.82. The van der Waals surface area contributed by atoms with Gasteiger partial charge in [-0.3, -0.25) is 14.9 Å². The van der Waals surface area contributed by atoms with Crippen LogP contribution in [-0.4, -0.2) is 20.3 Å². The Bertz CT molecular complexity index is 1160. The van der Waals surface area contributed by atoms with Gasteiger partial charge in [0, 0.05) is 24.6 Å². The van der Waals surface area contributed by atoms with E-state index in [9.17, 15) is 20.0 Å². The largest absolute Gasteiger partial charge is 0.506 e. The second kappa shape index (κ2) is 7.02. The Kier molecular flexibility index (Phi) is 4.91. The molecule has 7 nitrogen and oxygen atoms in total. The van der Waals surface area contributed by atoms with E-state index in [0.29, 0.717) is 10.9 Å². The van der Waals surface area contributed by atoms with Gasteiger partial charge in [0.15, 0.2) is 0 Å². The molecule has 0 aliphatic carbocycles. The van der Waals surface area contributed by atoms with E-state index in [2.05, 4.69) is 4.99 Å². The van der Waals surface area contributed by atoms with Crippen molar-refractivity contribution in [1.29, 1.82) is 0 Å². The number of nitrogens with zero attached hydrogens (tertiary/aromatic N) is 3. The molecule has 0 amide bonds. The monoisotopic (exact) mass is 405 g/mol. The molecular weight excluding hydrogens is 393 g/mol. The number of aryl methyl sites for hydroxylation is 1. The summed E-state index contributed by atoms with van der Waals surface area (Å²) >= 11 is 12.1. The Morgan fingerprint density at radius 1 is 1.22 bits per heavy atom. The average molecular weight is 406 g/mol. The van der Waals surface area contributed by atoms with Gasteiger partial charge in [0.05, 0.1) is 26.2 Å². The van der Waals surface area contributed by atoms with Gasteiger partial charge in [-0.05, 0) is 19.1 Å². The molecule has 0 fully saturated rings. The Balaban J connectivity index is 2.24. The first kappa shape index (κ1) is 18.9. The van der Waals surface area contributed by atoms with Crippen LogP contribution < -0.4 is 5.56 Å². The Morgan fingerprint density at radius 2 is 1.81 bits per heavy atom. The van der Waals surface area contributed by atoms with Crippen molar-refractivity contribution in [2.45, 2.75) is 6.92 Å². The lowest BCUT2D eigenvalue weighted by molar-refractivity contribution is -0.384. The number of aliphatic imine (C=N–C) groups is 1. The Morgan fingerprint density at radius 3 is 2.41 bits per heavy atom. The van der Waals surface area contributed by atoms with E-state index >= 15 is 0 Å². The number of para-hydroxylation sites is 1. The van der Waals surface area contributed by atoms with Crippen molar-refractivity contribution in [1.82, 2.24) is 4.57 Å². The van der Waals surface area contributed by atoms with E-state index in [4.69, 9.17) is 23.2 Å². The van der Waals surface area contributed by atoms with Gasteiger partial charge in [-0.15, -0.1) is 0 Å². The highest BCUT2D eigenvalue weighted by molar-refractivity contribution is 6.39. The van der Waals surface area contributed by atoms with Crippen molar-refractivity contribution in [3.63, 3.8) is 0 Å². The molecule has 0 spiro atoms. The lowest BCUT2D eigenvalue weighted by Gasteiger charge is -2.12. The van der Waals surface area contributed by atoms with E-state index in [1.165, 1.54) is 11.5 Å². The van der Waals surface area contributed by atoms with E-state index in [0.717, 1.165) is 12.1 Å². The number of rotatable bonds is 3. The van der Waals surface area contributed by atoms with Crippen LogP contribution in [0.2, 0.25) is 10.0 Å². The number of nitro benzene ring substituents is 1. The summed E-state index contributed by atoms with van der Waals surface area (Å²) in [7, 11) is 1.59. The zero-order valence-corrected chi connectivity index (χ0v) is 15.7. The molecule has 2 aromatic carbocycles. The van der Waals surface area contributed by atoms with E-state index in [1.54, 1.807) is 31.3 Å². The van der Waals surface area contributed by atoms with Crippen LogP contribution in [0.5, 0.6) is 5.75 Å². The van der Waals surface area contributed by atoms with Crippen LogP contribution in [0.1, 0.15) is 12.5 Å². The number of pyridine rings is 1. The van der Waals surface area contributed by atoms with Gasteiger partial charge in [-0.25, -0.2) is 4.99 Å². The van der Waals surface area contributed by atoms with Gasteiger partial charge in [-0.1, -0.05) is 35.3 Å². The normalized spacial score (nSPS) is 11.8. The summed E-state index contributed by atoms with van der Waals surface area (Å²) < 4.78 is 1.41. The number of non-ortho nitro benzene ring substituents is 1. The number of aromatic nitrogens is 1. The molecule has 0 saturated carbocycles. The molecule has 9 heteroatoms. The number of aromatic hydroxyl groups is 1. The van der Waals surface area contributed by atoms with Gasteiger partial charge in [0.1, 0.15) is 17.0 Å². The highest BCUT2D eigenvalue weighted by Gasteiger charge is 2.19. The van der Waals surface area contributed by atoms with E-state index in [1.807, 2.05) is 0 Å². The summed E-state index contributed by atoms with van der Waals surface area (Å²) in [5.74, 6) is -0.205. The molecule has 1 N–H and O–H groups in total. The smallest absolute Gasteiger partial charge is 0.272 e. The molecule has 0 aliphatic rings. The second-order valence-corrected chi connectivity index (χ2v) is 6.63. The van der Waals surface area contributed by atoms with Crippen LogP contribution in [0.25, 0.3) is 10.9 Å². The first-order chi connectivity index (χ1) is 12.7.